The van der Waals surface area contributed by atoms with Gasteiger partial charge < -0.3 is 15.1 Å². The maximum atomic E-state index is 14.0. The van der Waals surface area contributed by atoms with Gasteiger partial charge in [0.15, 0.2) is 5.82 Å². The average Bonchev–Trinajstić information content (AvgIpc) is 3.39. The Morgan fingerprint density at radius 2 is 1.86 bits per heavy atom. The van der Waals surface area contributed by atoms with E-state index in [9.17, 15) is 22.4 Å². The lowest BCUT2D eigenvalue weighted by Crippen LogP contribution is -2.50. The summed E-state index contributed by atoms with van der Waals surface area (Å²) in [6, 6.07) is 7.16. The van der Waals surface area contributed by atoms with Crippen LogP contribution >= 0.6 is 11.3 Å². The second kappa shape index (κ2) is 9.14. The van der Waals surface area contributed by atoms with Crippen molar-refractivity contribution in [2.45, 2.75) is 6.18 Å². The highest BCUT2D eigenvalue weighted by Gasteiger charge is 2.32. The van der Waals surface area contributed by atoms with Crippen molar-refractivity contribution in [2.75, 3.05) is 36.4 Å². The number of piperazine rings is 1. The van der Waals surface area contributed by atoms with Gasteiger partial charge in [-0.3, -0.25) is 4.98 Å². The summed E-state index contributed by atoms with van der Waals surface area (Å²) in [5.74, 6) is -0.235. The summed E-state index contributed by atoms with van der Waals surface area (Å²) >= 11 is 1.60. The van der Waals surface area contributed by atoms with Crippen LogP contribution in [-0.2, 0) is 6.18 Å². The molecule has 1 aliphatic rings. The van der Waals surface area contributed by atoms with E-state index in [1.807, 2.05) is 40.1 Å². The summed E-state index contributed by atoms with van der Waals surface area (Å²) < 4.78 is 52.9. The number of hydrogen-bond donors (Lipinski definition) is 1. The van der Waals surface area contributed by atoms with Crippen molar-refractivity contribution in [3.63, 3.8) is 0 Å². The molecule has 1 saturated heterocycles. The number of amides is 2. The minimum absolute atomic E-state index is 0.286. The summed E-state index contributed by atoms with van der Waals surface area (Å²) in [4.78, 5) is 25.3. The Balaban J connectivity index is 1.31. The van der Waals surface area contributed by atoms with Gasteiger partial charge in [0.1, 0.15) is 11.3 Å². The number of nitrogens with zero attached hydrogens (tertiary/aromatic N) is 4. The van der Waals surface area contributed by atoms with E-state index < -0.39 is 29.3 Å². The molecule has 1 aromatic carbocycles. The van der Waals surface area contributed by atoms with Gasteiger partial charge in [0.2, 0.25) is 0 Å². The number of aromatic nitrogens is 2. The van der Waals surface area contributed by atoms with Crippen LogP contribution in [0.5, 0.6) is 0 Å². The van der Waals surface area contributed by atoms with Crippen molar-refractivity contribution >= 4 is 39.8 Å². The van der Waals surface area contributed by atoms with E-state index in [2.05, 4.69) is 15.3 Å². The first-order valence-electron chi connectivity index (χ1n) is 10.7. The lowest BCUT2D eigenvalue weighted by atomic mass is 10.1. The van der Waals surface area contributed by atoms with Crippen LogP contribution in [0.25, 0.3) is 22.0 Å². The molecule has 2 amide bonds. The smallest absolute Gasteiger partial charge is 0.351 e. The fraction of sp³-hybridized carbons (Fsp3) is 0.208. The number of thiophene rings is 1. The van der Waals surface area contributed by atoms with Crippen molar-refractivity contribution in [3.8, 4) is 11.1 Å². The average molecular weight is 502 g/mol. The number of anilines is 2. The third-order valence-corrected chi connectivity index (χ3v) is 6.54. The summed E-state index contributed by atoms with van der Waals surface area (Å²) in [5.41, 5.74) is 1.26. The topological polar surface area (TPSA) is 61.4 Å². The molecule has 0 radical (unpaired) electrons. The molecule has 0 aliphatic carbocycles. The summed E-state index contributed by atoms with van der Waals surface area (Å²) in [6.07, 6.45) is -1.11. The minimum atomic E-state index is -4.64. The van der Waals surface area contributed by atoms with E-state index in [-0.39, 0.29) is 13.1 Å². The van der Waals surface area contributed by atoms with Crippen LogP contribution in [-0.4, -0.2) is 47.1 Å². The van der Waals surface area contributed by atoms with Gasteiger partial charge in [-0.1, -0.05) is 6.07 Å². The Bertz CT molecular complexity index is 1370. The Kier molecular flexibility index (Phi) is 6.01. The number of halogens is 4. The van der Waals surface area contributed by atoms with Crippen LogP contribution < -0.4 is 10.2 Å². The molecular weight excluding hydrogens is 482 g/mol. The fourth-order valence-electron chi connectivity index (χ4n) is 4.05. The van der Waals surface area contributed by atoms with Crippen LogP contribution in [0.15, 0.2) is 59.6 Å². The van der Waals surface area contributed by atoms with Gasteiger partial charge >= 0.3 is 12.2 Å². The summed E-state index contributed by atoms with van der Waals surface area (Å²) in [6.45, 7) is 1.45. The Morgan fingerprint density at radius 3 is 2.57 bits per heavy atom. The number of carbonyl (C=O) groups is 1. The number of alkyl halides is 3. The molecule has 11 heteroatoms. The second-order valence-corrected chi connectivity index (χ2v) is 8.78. The number of urea groups is 1. The first kappa shape index (κ1) is 23.0. The van der Waals surface area contributed by atoms with Crippen LogP contribution in [0.1, 0.15) is 5.56 Å². The van der Waals surface area contributed by atoms with E-state index >= 15 is 0 Å². The molecule has 0 saturated carbocycles. The molecule has 5 rings (SSSR count). The summed E-state index contributed by atoms with van der Waals surface area (Å²) in [5, 5.41) is 7.29. The number of pyridine rings is 2. The molecule has 0 spiro atoms. The molecule has 6 nitrogen and oxygen atoms in total. The van der Waals surface area contributed by atoms with E-state index in [1.165, 1.54) is 4.90 Å². The first-order valence-corrected chi connectivity index (χ1v) is 11.7. The highest BCUT2D eigenvalue weighted by atomic mass is 32.1. The number of hydrogen-bond acceptors (Lipinski definition) is 5. The van der Waals surface area contributed by atoms with Crippen LogP contribution in [0.4, 0.5) is 33.9 Å². The van der Waals surface area contributed by atoms with E-state index in [1.54, 1.807) is 17.5 Å². The lowest BCUT2D eigenvalue weighted by molar-refractivity contribution is -0.137. The van der Waals surface area contributed by atoms with Crippen LogP contribution in [0.3, 0.4) is 0 Å². The predicted octanol–water partition coefficient (Wildman–Crippen LogP) is 5.87. The molecule has 3 aromatic heterocycles. The molecule has 1 N–H and O–H groups in total. The number of fused-ring (bicyclic) bond motifs is 1. The van der Waals surface area contributed by atoms with E-state index in [0.717, 1.165) is 22.0 Å². The van der Waals surface area contributed by atoms with Gasteiger partial charge in [-0.2, -0.15) is 24.5 Å². The van der Waals surface area contributed by atoms with Gasteiger partial charge in [0.05, 0.1) is 11.3 Å². The molecule has 0 unspecified atom stereocenters. The van der Waals surface area contributed by atoms with Crippen molar-refractivity contribution in [1.29, 1.82) is 0 Å². The second-order valence-electron chi connectivity index (χ2n) is 8.00. The highest BCUT2D eigenvalue weighted by molar-refractivity contribution is 7.08. The molecule has 0 atom stereocenters. The normalized spacial score (nSPS) is 14.4. The zero-order valence-electron chi connectivity index (χ0n) is 18.2. The molecule has 180 valence electrons. The van der Waals surface area contributed by atoms with Crippen molar-refractivity contribution < 1.29 is 22.4 Å². The highest BCUT2D eigenvalue weighted by Crippen LogP contribution is 2.34. The molecule has 4 heterocycles. The number of benzene rings is 1. The number of carbonyl (C=O) groups excluding carboxylic acids is 1. The molecule has 35 heavy (non-hydrogen) atoms. The zero-order valence-corrected chi connectivity index (χ0v) is 19.0. The van der Waals surface area contributed by atoms with Crippen LogP contribution in [0, 0.1) is 5.82 Å². The standard InChI is InChI=1S/C24H19F4N5OS/c25-19-4-3-16(24(26,27)28)12-20(19)31-23(34)33-9-7-32(8-10-33)22-21-17(2-1-6-29-21)18(13-30-22)15-5-11-35-14-15/h1-6,11-14H,7-10H2,(H,31,34). The minimum Gasteiger partial charge on any atom is -0.351 e. The van der Waals surface area contributed by atoms with Crippen molar-refractivity contribution in [3.05, 3.63) is 70.9 Å². The lowest BCUT2D eigenvalue weighted by Gasteiger charge is -2.35. The molecule has 1 fully saturated rings. The Hall–Kier alpha value is -3.73. The fourth-order valence-corrected chi connectivity index (χ4v) is 4.71. The predicted molar refractivity (Wildman–Crippen MR) is 127 cm³/mol. The van der Waals surface area contributed by atoms with Gasteiger partial charge in [-0.15, -0.1) is 0 Å². The van der Waals surface area contributed by atoms with Crippen molar-refractivity contribution in [2.24, 2.45) is 0 Å². The molecule has 1 aliphatic heterocycles. The maximum absolute atomic E-state index is 14.0. The van der Waals surface area contributed by atoms with Gasteiger partial charge in [0, 0.05) is 49.5 Å². The van der Waals surface area contributed by atoms with E-state index in [4.69, 9.17) is 0 Å². The molecule has 4 aromatic rings. The van der Waals surface area contributed by atoms with E-state index in [0.29, 0.717) is 37.1 Å². The first-order chi connectivity index (χ1) is 16.8. The Morgan fingerprint density at radius 1 is 1.06 bits per heavy atom. The third-order valence-electron chi connectivity index (χ3n) is 5.86. The SMILES string of the molecule is O=C(Nc1cc(C(F)(F)F)ccc1F)N1CCN(c2ncc(-c3ccsc3)c3cccnc23)CC1. The van der Waals surface area contributed by atoms with Crippen LogP contribution in [0.2, 0.25) is 0 Å². The monoisotopic (exact) mass is 501 g/mol. The Labute approximate surface area is 201 Å². The largest absolute Gasteiger partial charge is 0.416 e. The number of nitrogens with one attached hydrogen (secondary N) is 1. The summed E-state index contributed by atoms with van der Waals surface area (Å²) in [7, 11) is 0. The molecule has 0 bridgehead atoms. The maximum Gasteiger partial charge on any atom is 0.416 e. The zero-order chi connectivity index (χ0) is 24.6. The van der Waals surface area contributed by atoms with Gasteiger partial charge in [-0.05, 0) is 46.7 Å². The van der Waals surface area contributed by atoms with Crippen molar-refractivity contribution in [1.82, 2.24) is 14.9 Å². The number of rotatable bonds is 3. The molecular formula is C24H19F4N5OS. The van der Waals surface area contributed by atoms with Gasteiger partial charge in [-0.25, -0.2) is 14.2 Å². The van der Waals surface area contributed by atoms with Gasteiger partial charge in [0.25, 0.3) is 0 Å². The quantitative estimate of drug-likeness (QED) is 0.357. The third kappa shape index (κ3) is 4.63.